The van der Waals surface area contributed by atoms with E-state index >= 15 is 0 Å². The van der Waals surface area contributed by atoms with E-state index in [1.54, 1.807) is 0 Å². The topological polar surface area (TPSA) is 159 Å². The van der Waals surface area contributed by atoms with Gasteiger partial charge in [0.25, 0.3) is 3.79 Å². The smallest absolute Gasteiger partial charge is 0.359 e. The van der Waals surface area contributed by atoms with Crippen LogP contribution in [0, 0.1) is 0 Å². The zero-order valence-corrected chi connectivity index (χ0v) is 21.0. The molecule has 0 spiro atoms. The molecule has 5 atom stereocenters. The molecule has 1 saturated heterocycles. The Kier molecular flexibility index (Phi) is 9.72. The van der Waals surface area contributed by atoms with Crippen molar-refractivity contribution in [2.45, 2.75) is 55.2 Å². The molecule has 1 aromatic heterocycles. The van der Waals surface area contributed by atoms with Crippen LogP contribution in [0.25, 0.3) is 0 Å². The van der Waals surface area contributed by atoms with E-state index in [-0.39, 0.29) is 5.88 Å². The van der Waals surface area contributed by atoms with Crippen molar-refractivity contribution < 1.29 is 47.6 Å². The number of esters is 4. The molecular formula is C19H21Cl3N2O11. The highest BCUT2D eigenvalue weighted by molar-refractivity contribution is 6.75. The summed E-state index contributed by atoms with van der Waals surface area (Å²) < 4.78 is 29.9. The third-order valence-corrected chi connectivity index (χ3v) is 4.89. The van der Waals surface area contributed by atoms with Crippen molar-refractivity contribution in [3.05, 3.63) is 22.7 Å². The second-order valence-electron chi connectivity index (χ2n) is 7.04. The van der Waals surface area contributed by atoms with Gasteiger partial charge < -0.3 is 28.4 Å². The molecular weight excluding hydrogens is 539 g/mol. The van der Waals surface area contributed by atoms with Crippen molar-refractivity contribution >= 4 is 58.7 Å². The Hall–Kier alpha value is -2.61. The Morgan fingerprint density at radius 3 is 2.09 bits per heavy atom. The lowest BCUT2D eigenvalue weighted by atomic mass is 9.97. The van der Waals surface area contributed by atoms with E-state index in [0.29, 0.717) is 0 Å². The molecule has 2 rings (SSSR count). The predicted octanol–water partition coefficient (Wildman–Crippen LogP) is 0.858. The zero-order valence-electron chi connectivity index (χ0n) is 18.8. The van der Waals surface area contributed by atoms with Crippen LogP contribution in [0.1, 0.15) is 27.0 Å². The average molecular weight is 560 g/mol. The SMILES string of the molecule is COc1ccn([C@@H]2O[C@@H](COC(C)=O)[C@H](OC(C)=O)[C@H](OC(C)=O)[C@@H]2OC(=O)C(Cl)(Cl)Cl)c(=O)n1. The molecule has 0 unspecified atom stereocenters. The van der Waals surface area contributed by atoms with Gasteiger partial charge in [-0.2, -0.15) is 4.98 Å². The lowest BCUT2D eigenvalue weighted by Crippen LogP contribution is -2.61. The van der Waals surface area contributed by atoms with Crippen LogP contribution < -0.4 is 10.4 Å². The maximum Gasteiger partial charge on any atom is 0.359 e. The van der Waals surface area contributed by atoms with Gasteiger partial charge in [-0.05, 0) is 0 Å². The molecule has 1 fully saturated rings. The van der Waals surface area contributed by atoms with Crippen LogP contribution in [0.5, 0.6) is 5.88 Å². The Balaban J connectivity index is 2.66. The Morgan fingerprint density at radius 1 is 1.00 bits per heavy atom. The number of halogens is 3. The van der Waals surface area contributed by atoms with Crippen molar-refractivity contribution in [1.82, 2.24) is 9.55 Å². The van der Waals surface area contributed by atoms with Crippen LogP contribution >= 0.6 is 34.8 Å². The van der Waals surface area contributed by atoms with Crippen LogP contribution in [0.3, 0.4) is 0 Å². The minimum absolute atomic E-state index is 0.0392. The van der Waals surface area contributed by atoms with E-state index in [1.807, 2.05) is 0 Å². The standard InChI is InChI=1S/C19H21Cl3N2O11/c1-8(25)31-7-11-13(32-9(2)26)14(33-10(3)27)15(35-17(28)19(20,21)22)16(34-11)24-6-5-12(30-4)23-18(24)29/h5-6,11,13-16H,7H2,1-4H3/t11-,13-,14-,15-,16+/m0/s1. The molecule has 1 aliphatic heterocycles. The largest absolute Gasteiger partial charge is 0.481 e. The van der Waals surface area contributed by atoms with Crippen molar-refractivity contribution in [2.24, 2.45) is 0 Å². The molecule has 13 nitrogen and oxygen atoms in total. The number of hydrogen-bond acceptors (Lipinski definition) is 12. The third-order valence-electron chi connectivity index (χ3n) is 4.43. The van der Waals surface area contributed by atoms with Gasteiger partial charge in [-0.1, -0.05) is 34.8 Å². The maximum atomic E-state index is 12.7. The van der Waals surface area contributed by atoms with Crippen molar-refractivity contribution in [3.63, 3.8) is 0 Å². The maximum absolute atomic E-state index is 12.7. The van der Waals surface area contributed by atoms with Crippen LogP contribution in [-0.4, -0.2) is 75.4 Å². The summed E-state index contributed by atoms with van der Waals surface area (Å²) in [6.45, 7) is 2.71. The fraction of sp³-hybridized carbons (Fsp3) is 0.579. The Labute approximate surface area is 213 Å². The number of rotatable bonds is 7. The molecule has 0 saturated carbocycles. The fourth-order valence-electron chi connectivity index (χ4n) is 3.13. The highest BCUT2D eigenvalue weighted by atomic mass is 35.6. The number of carbonyl (C=O) groups is 4. The summed E-state index contributed by atoms with van der Waals surface area (Å²) in [5.41, 5.74) is -0.928. The third kappa shape index (κ3) is 7.69. The van der Waals surface area contributed by atoms with Crippen molar-refractivity contribution in [3.8, 4) is 5.88 Å². The average Bonchev–Trinajstić information content (AvgIpc) is 2.73. The van der Waals surface area contributed by atoms with E-state index in [4.69, 9.17) is 63.2 Å². The lowest BCUT2D eigenvalue weighted by molar-refractivity contribution is -0.269. The van der Waals surface area contributed by atoms with Gasteiger partial charge in [0.15, 0.2) is 24.5 Å². The van der Waals surface area contributed by atoms with E-state index in [0.717, 1.165) is 25.3 Å². The van der Waals surface area contributed by atoms with Gasteiger partial charge in [0.1, 0.15) is 12.7 Å². The molecule has 1 aromatic rings. The summed E-state index contributed by atoms with van der Waals surface area (Å²) in [4.78, 5) is 64.0. The number of nitrogens with zero attached hydrogens (tertiary/aromatic N) is 2. The summed E-state index contributed by atoms with van der Waals surface area (Å²) in [6.07, 6.45) is -6.45. The van der Waals surface area contributed by atoms with Crippen LogP contribution in [0.4, 0.5) is 0 Å². The fourth-order valence-corrected chi connectivity index (χ4v) is 3.27. The van der Waals surface area contributed by atoms with E-state index in [2.05, 4.69) is 4.98 Å². The summed E-state index contributed by atoms with van der Waals surface area (Å²) in [7, 11) is 1.28. The molecule has 194 valence electrons. The van der Waals surface area contributed by atoms with E-state index in [9.17, 15) is 24.0 Å². The van der Waals surface area contributed by atoms with Crippen molar-refractivity contribution in [2.75, 3.05) is 13.7 Å². The second kappa shape index (κ2) is 11.9. The molecule has 0 radical (unpaired) electrons. The molecule has 0 N–H and O–H groups in total. The molecule has 16 heteroatoms. The zero-order chi connectivity index (χ0) is 26.5. The van der Waals surface area contributed by atoms with E-state index in [1.165, 1.54) is 19.4 Å². The van der Waals surface area contributed by atoms with Crippen LogP contribution in [0.2, 0.25) is 0 Å². The molecule has 0 aliphatic carbocycles. The van der Waals surface area contributed by atoms with Gasteiger partial charge in [0.2, 0.25) is 5.88 Å². The normalized spacial score (nSPS) is 24.1. The minimum atomic E-state index is -2.57. The van der Waals surface area contributed by atoms with Crippen LogP contribution in [0.15, 0.2) is 17.1 Å². The van der Waals surface area contributed by atoms with E-state index < -0.39 is 70.6 Å². The second-order valence-corrected chi connectivity index (χ2v) is 9.32. The summed E-state index contributed by atoms with van der Waals surface area (Å²) in [5, 5.41) is 0. The number of carbonyl (C=O) groups excluding carboxylic acids is 4. The first kappa shape index (κ1) is 28.6. The van der Waals surface area contributed by atoms with Crippen LogP contribution in [-0.2, 0) is 42.9 Å². The Bertz CT molecular complexity index is 1030. The number of ether oxygens (including phenoxy) is 6. The lowest BCUT2D eigenvalue weighted by Gasteiger charge is -2.44. The first-order chi connectivity index (χ1) is 16.2. The van der Waals surface area contributed by atoms with Gasteiger partial charge in [-0.25, -0.2) is 9.59 Å². The first-order valence-electron chi connectivity index (χ1n) is 9.78. The van der Waals surface area contributed by atoms with Gasteiger partial charge in [-0.15, -0.1) is 0 Å². The number of alkyl halides is 3. The molecule has 35 heavy (non-hydrogen) atoms. The number of aromatic nitrogens is 2. The number of hydrogen-bond donors (Lipinski definition) is 0. The van der Waals surface area contributed by atoms with Gasteiger partial charge in [0, 0.05) is 33.0 Å². The minimum Gasteiger partial charge on any atom is -0.481 e. The summed E-state index contributed by atoms with van der Waals surface area (Å²) in [5.74, 6) is -3.87. The first-order valence-corrected chi connectivity index (χ1v) is 10.9. The molecule has 0 aromatic carbocycles. The van der Waals surface area contributed by atoms with Gasteiger partial charge in [-0.3, -0.25) is 19.0 Å². The molecule has 0 bridgehead atoms. The highest BCUT2D eigenvalue weighted by Crippen LogP contribution is 2.36. The monoisotopic (exact) mass is 558 g/mol. The predicted molar refractivity (Wildman–Crippen MR) is 117 cm³/mol. The summed E-state index contributed by atoms with van der Waals surface area (Å²) >= 11 is 16.9. The molecule has 0 amide bonds. The molecule has 2 heterocycles. The quantitative estimate of drug-likeness (QED) is 0.264. The van der Waals surface area contributed by atoms with Gasteiger partial charge >= 0.3 is 29.6 Å². The molecule has 1 aliphatic rings. The Morgan fingerprint density at radius 2 is 1.60 bits per heavy atom. The van der Waals surface area contributed by atoms with Gasteiger partial charge in [0.05, 0.1) is 7.11 Å². The summed E-state index contributed by atoms with van der Waals surface area (Å²) in [6, 6.07) is 1.29. The number of methoxy groups -OCH3 is 1. The highest BCUT2D eigenvalue weighted by Gasteiger charge is 2.54. The van der Waals surface area contributed by atoms with Crippen molar-refractivity contribution in [1.29, 1.82) is 0 Å².